The molecule has 196 valence electrons. The van der Waals surface area contributed by atoms with Gasteiger partial charge in [-0.15, -0.1) is 0 Å². The summed E-state index contributed by atoms with van der Waals surface area (Å²) in [6, 6.07) is 42.0. The lowest BCUT2D eigenvalue weighted by atomic mass is 9.86. The number of benzene rings is 4. The first-order chi connectivity index (χ1) is 19.2. The highest BCUT2D eigenvalue weighted by Crippen LogP contribution is 2.32. The second kappa shape index (κ2) is 13.2. The van der Waals surface area contributed by atoms with Crippen molar-refractivity contribution in [2.45, 2.75) is 45.2 Å². The van der Waals surface area contributed by atoms with E-state index < -0.39 is 0 Å². The van der Waals surface area contributed by atoms with Gasteiger partial charge in [-0.25, -0.2) is 0 Å². The van der Waals surface area contributed by atoms with E-state index in [-0.39, 0.29) is 0 Å². The molecule has 1 aliphatic carbocycles. The zero-order chi connectivity index (χ0) is 26.9. The van der Waals surface area contributed by atoms with Gasteiger partial charge in [0.05, 0.1) is 0 Å². The lowest BCUT2D eigenvalue weighted by molar-refractivity contribution is 0.264. The molecule has 0 amide bonds. The minimum absolute atomic E-state index is 0.293. The van der Waals surface area contributed by atoms with Crippen molar-refractivity contribution in [1.29, 1.82) is 0 Å². The van der Waals surface area contributed by atoms with Gasteiger partial charge in [-0.2, -0.15) is 0 Å². The average molecular weight is 510 g/mol. The number of likely N-dealkylation sites (N-methyl/N-ethyl adjacent to an activating group) is 1. The smallest absolute Gasteiger partial charge is 0.0471 e. The number of nitrogens with zero attached hydrogens (tertiary/aromatic N) is 1. The molecule has 1 nitrogen and oxygen atoms in total. The van der Waals surface area contributed by atoms with Crippen LogP contribution in [0.4, 0.5) is 0 Å². The van der Waals surface area contributed by atoms with Crippen LogP contribution in [-0.4, -0.2) is 17.5 Å². The number of hydrogen-bond acceptors (Lipinski definition) is 1. The molecule has 0 saturated heterocycles. The highest BCUT2D eigenvalue weighted by molar-refractivity contribution is 5.85. The molecule has 4 aromatic carbocycles. The first kappa shape index (κ1) is 26.7. The van der Waals surface area contributed by atoms with E-state index in [0.717, 1.165) is 25.9 Å². The van der Waals surface area contributed by atoms with Crippen molar-refractivity contribution in [2.24, 2.45) is 0 Å². The van der Waals surface area contributed by atoms with Gasteiger partial charge in [0.25, 0.3) is 0 Å². The molecule has 0 heterocycles. The van der Waals surface area contributed by atoms with E-state index in [2.05, 4.69) is 158 Å². The van der Waals surface area contributed by atoms with Crippen molar-refractivity contribution >= 4 is 5.57 Å². The standard InChI is InChI=1S/C38H39N/c1-3-32(28-30-14-8-5-9-15-30)33-20-22-35(23-21-33)38(34-18-12-7-13-19-34)36-24-26-37(27-25-36)39(4-2)29-31-16-10-6-11-17-31/h5-27,32,37H,3-4,28-29H2,1-2H3. The molecule has 5 rings (SSSR count). The Balaban J connectivity index is 1.41. The number of rotatable bonds is 10. The zero-order valence-electron chi connectivity index (χ0n) is 23.2. The molecule has 1 unspecified atom stereocenters. The molecule has 0 aromatic heterocycles. The predicted octanol–water partition coefficient (Wildman–Crippen LogP) is 9.24. The fourth-order valence-corrected chi connectivity index (χ4v) is 5.60. The second-order valence-electron chi connectivity index (χ2n) is 10.4. The predicted molar refractivity (Wildman–Crippen MR) is 167 cm³/mol. The molecule has 0 radical (unpaired) electrons. The molecule has 1 atom stereocenters. The highest BCUT2D eigenvalue weighted by Gasteiger charge is 2.18. The SMILES string of the molecule is CCC(Cc1ccccc1)c1ccc(C(=C2C=CC(N(CC)Cc3ccccc3)C=C2)c2ccccc2)cc1. The summed E-state index contributed by atoms with van der Waals surface area (Å²) in [5.74, 6) is 0.522. The first-order valence-electron chi connectivity index (χ1n) is 14.3. The van der Waals surface area contributed by atoms with E-state index >= 15 is 0 Å². The highest BCUT2D eigenvalue weighted by atomic mass is 15.1. The Morgan fingerprint density at radius 2 is 1.18 bits per heavy atom. The van der Waals surface area contributed by atoms with Gasteiger partial charge in [-0.05, 0) is 64.3 Å². The van der Waals surface area contributed by atoms with Gasteiger partial charge in [-0.3, -0.25) is 4.90 Å². The summed E-state index contributed by atoms with van der Waals surface area (Å²) in [5.41, 5.74) is 9.23. The molecule has 0 spiro atoms. The van der Waals surface area contributed by atoms with Gasteiger partial charge in [0, 0.05) is 12.6 Å². The van der Waals surface area contributed by atoms with Gasteiger partial charge in [0.2, 0.25) is 0 Å². The molecule has 4 aromatic rings. The minimum atomic E-state index is 0.293. The van der Waals surface area contributed by atoms with E-state index in [1.807, 2.05) is 0 Å². The number of allylic oxidation sites excluding steroid dienone is 3. The van der Waals surface area contributed by atoms with Crippen LogP contribution in [0.2, 0.25) is 0 Å². The average Bonchev–Trinajstić information content (AvgIpc) is 3.01. The van der Waals surface area contributed by atoms with Gasteiger partial charge in [0.15, 0.2) is 0 Å². The molecule has 0 fully saturated rings. The van der Waals surface area contributed by atoms with E-state index in [4.69, 9.17) is 0 Å². The van der Waals surface area contributed by atoms with E-state index in [1.54, 1.807) is 0 Å². The molecule has 0 bridgehead atoms. The Bertz CT molecular complexity index is 1380. The largest absolute Gasteiger partial charge is 0.289 e. The molecular weight excluding hydrogens is 470 g/mol. The third kappa shape index (κ3) is 6.74. The quantitative estimate of drug-likeness (QED) is 0.206. The summed E-state index contributed by atoms with van der Waals surface area (Å²) < 4.78 is 0. The summed E-state index contributed by atoms with van der Waals surface area (Å²) in [5, 5.41) is 0. The summed E-state index contributed by atoms with van der Waals surface area (Å²) in [6.45, 7) is 6.49. The van der Waals surface area contributed by atoms with Crippen molar-refractivity contribution < 1.29 is 0 Å². The number of hydrogen-bond donors (Lipinski definition) is 0. The minimum Gasteiger partial charge on any atom is -0.289 e. The third-order valence-electron chi connectivity index (χ3n) is 7.84. The fourth-order valence-electron chi connectivity index (χ4n) is 5.60. The second-order valence-corrected chi connectivity index (χ2v) is 10.4. The van der Waals surface area contributed by atoms with Crippen LogP contribution in [0.3, 0.4) is 0 Å². The molecule has 1 aliphatic rings. The molecule has 0 saturated carbocycles. The van der Waals surface area contributed by atoms with Crippen LogP contribution in [0.25, 0.3) is 5.57 Å². The van der Waals surface area contributed by atoms with E-state index in [1.165, 1.54) is 39.0 Å². The Morgan fingerprint density at radius 1 is 0.641 bits per heavy atom. The van der Waals surface area contributed by atoms with Gasteiger partial charge in [0.1, 0.15) is 0 Å². The summed E-state index contributed by atoms with van der Waals surface area (Å²) in [4.78, 5) is 2.51. The molecule has 39 heavy (non-hydrogen) atoms. The Morgan fingerprint density at radius 3 is 1.74 bits per heavy atom. The molecular formula is C38H39N. The first-order valence-corrected chi connectivity index (χ1v) is 14.3. The lowest BCUT2D eigenvalue weighted by Crippen LogP contribution is -2.32. The van der Waals surface area contributed by atoms with Crippen LogP contribution >= 0.6 is 0 Å². The van der Waals surface area contributed by atoms with Gasteiger partial charge in [-0.1, -0.05) is 153 Å². The van der Waals surface area contributed by atoms with Gasteiger partial charge < -0.3 is 0 Å². The van der Waals surface area contributed by atoms with E-state index in [0.29, 0.717) is 12.0 Å². The maximum atomic E-state index is 2.51. The third-order valence-corrected chi connectivity index (χ3v) is 7.84. The maximum absolute atomic E-state index is 2.51. The maximum Gasteiger partial charge on any atom is 0.0471 e. The summed E-state index contributed by atoms with van der Waals surface area (Å²) in [7, 11) is 0. The Labute approximate surface area is 234 Å². The summed E-state index contributed by atoms with van der Waals surface area (Å²) >= 11 is 0. The Hall–Kier alpha value is -3.94. The summed E-state index contributed by atoms with van der Waals surface area (Å²) in [6.07, 6.45) is 11.5. The molecule has 0 N–H and O–H groups in total. The van der Waals surface area contributed by atoms with Crippen molar-refractivity contribution in [2.75, 3.05) is 6.54 Å². The molecule has 0 aliphatic heterocycles. The van der Waals surface area contributed by atoms with Crippen LogP contribution in [0.1, 0.15) is 54.0 Å². The fraction of sp³-hybridized carbons (Fsp3) is 0.211. The van der Waals surface area contributed by atoms with Crippen molar-refractivity contribution in [1.82, 2.24) is 4.90 Å². The normalized spacial score (nSPS) is 15.5. The van der Waals surface area contributed by atoms with Crippen molar-refractivity contribution in [3.63, 3.8) is 0 Å². The van der Waals surface area contributed by atoms with Crippen molar-refractivity contribution in [3.8, 4) is 0 Å². The zero-order valence-corrected chi connectivity index (χ0v) is 23.2. The topological polar surface area (TPSA) is 3.24 Å². The van der Waals surface area contributed by atoms with E-state index in [9.17, 15) is 0 Å². The van der Waals surface area contributed by atoms with Crippen LogP contribution in [0.15, 0.2) is 145 Å². The van der Waals surface area contributed by atoms with Crippen LogP contribution in [-0.2, 0) is 13.0 Å². The van der Waals surface area contributed by atoms with Gasteiger partial charge >= 0.3 is 0 Å². The lowest BCUT2D eigenvalue weighted by Gasteiger charge is -2.28. The molecule has 1 heteroatoms. The van der Waals surface area contributed by atoms with Crippen LogP contribution in [0, 0.1) is 0 Å². The Kier molecular flexibility index (Phi) is 9.04. The monoisotopic (exact) mass is 509 g/mol. The van der Waals surface area contributed by atoms with Crippen LogP contribution < -0.4 is 0 Å². The van der Waals surface area contributed by atoms with Crippen molar-refractivity contribution in [3.05, 3.63) is 173 Å². The van der Waals surface area contributed by atoms with Crippen LogP contribution in [0.5, 0.6) is 0 Å².